The molecule has 0 amide bonds. The van der Waals surface area contributed by atoms with E-state index in [1.54, 1.807) is 4.88 Å². The molecule has 3 aromatic heterocycles. The van der Waals surface area contributed by atoms with Gasteiger partial charge < -0.3 is 0 Å². The molecule has 0 bridgehead atoms. The van der Waals surface area contributed by atoms with E-state index in [4.69, 9.17) is 4.98 Å². The number of benzene rings is 1. The van der Waals surface area contributed by atoms with Crippen LogP contribution in [0.1, 0.15) is 53.2 Å². The van der Waals surface area contributed by atoms with Gasteiger partial charge in [0, 0.05) is 10.4 Å². The molecule has 0 radical (unpaired) electrons. The van der Waals surface area contributed by atoms with Crippen LogP contribution in [0.25, 0.3) is 30.9 Å². The molecule has 1 saturated carbocycles. The molecule has 1 aliphatic carbocycles. The topological polar surface area (TPSA) is 16.8 Å². The summed E-state index contributed by atoms with van der Waals surface area (Å²) in [7, 11) is 2.12. The number of fused-ring (bicyclic) bond motifs is 3. The molecule has 0 unspecified atom stereocenters. The lowest BCUT2D eigenvalue weighted by Gasteiger charge is -2.11. The first-order chi connectivity index (χ1) is 13.0. The minimum absolute atomic E-state index is 0.783. The first kappa shape index (κ1) is 17.3. The predicted octanol–water partition coefficient (Wildman–Crippen LogP) is 6.59. The van der Waals surface area contributed by atoms with Crippen molar-refractivity contribution in [2.75, 3.05) is 0 Å². The maximum atomic E-state index is 4.85. The number of aromatic nitrogens is 2. The van der Waals surface area contributed by atoms with Gasteiger partial charge in [-0.3, -0.25) is 0 Å². The number of rotatable bonds is 2. The Kier molecular flexibility index (Phi) is 4.10. The van der Waals surface area contributed by atoms with Crippen LogP contribution in [0.5, 0.6) is 0 Å². The molecule has 4 aromatic rings. The van der Waals surface area contributed by atoms with Crippen molar-refractivity contribution in [3.05, 3.63) is 46.1 Å². The van der Waals surface area contributed by atoms with Crippen LogP contribution >= 0.6 is 22.7 Å². The average Bonchev–Trinajstić information content (AvgIpc) is 3.33. The summed E-state index contributed by atoms with van der Waals surface area (Å²) >= 11 is 3.91. The van der Waals surface area contributed by atoms with Crippen molar-refractivity contribution in [2.24, 2.45) is 7.05 Å². The fourth-order valence-electron chi connectivity index (χ4n) is 4.54. The summed E-state index contributed by atoms with van der Waals surface area (Å²) < 4.78 is 6.33. The fourth-order valence-corrected chi connectivity index (χ4v) is 7.36. The van der Waals surface area contributed by atoms with E-state index in [1.165, 1.54) is 73.2 Å². The molecule has 0 atom stereocenters. The highest BCUT2D eigenvalue weighted by Gasteiger charge is 2.26. The molecule has 3 heterocycles. The quantitative estimate of drug-likeness (QED) is 0.351. The van der Waals surface area contributed by atoms with E-state index < -0.39 is 0 Å². The molecule has 1 aliphatic rings. The largest absolute Gasteiger partial charge is 0.287 e. The van der Waals surface area contributed by atoms with E-state index in [-0.39, 0.29) is 0 Å². The zero-order valence-corrected chi connectivity index (χ0v) is 18.1. The van der Waals surface area contributed by atoms with Gasteiger partial charge in [0.05, 0.1) is 16.4 Å². The Morgan fingerprint density at radius 1 is 1.00 bits per heavy atom. The minimum Gasteiger partial charge on any atom is -0.231 e. The third-order valence-corrected chi connectivity index (χ3v) is 8.68. The molecular formula is C23H25N2S2+. The zero-order valence-electron chi connectivity index (χ0n) is 16.4. The lowest BCUT2D eigenvalue weighted by molar-refractivity contribution is -0.662. The van der Waals surface area contributed by atoms with Crippen molar-refractivity contribution in [3.8, 4) is 11.3 Å². The first-order valence-corrected chi connectivity index (χ1v) is 11.4. The van der Waals surface area contributed by atoms with E-state index in [2.05, 4.69) is 50.6 Å². The van der Waals surface area contributed by atoms with E-state index >= 15 is 0 Å². The Bertz CT molecular complexity index is 1180. The Morgan fingerprint density at radius 3 is 2.56 bits per heavy atom. The van der Waals surface area contributed by atoms with Gasteiger partial charge in [-0.05, 0) is 67.8 Å². The SMILES string of the molecule is Cc1cc(C)c(C)c(-c2c3sc4cc(C5CCCC5)sc4c3nc[n+]2C)c1. The number of hydrogen-bond donors (Lipinski definition) is 0. The second-order valence-electron chi connectivity index (χ2n) is 8.06. The van der Waals surface area contributed by atoms with Crippen LogP contribution in [0.3, 0.4) is 0 Å². The summed E-state index contributed by atoms with van der Waals surface area (Å²) in [5.74, 6) is 0.783. The molecule has 4 heteroatoms. The normalized spacial score (nSPS) is 15.4. The van der Waals surface area contributed by atoms with Crippen LogP contribution in [-0.2, 0) is 7.05 Å². The third-order valence-electron chi connectivity index (χ3n) is 6.11. The maximum Gasteiger partial charge on any atom is 0.287 e. The lowest BCUT2D eigenvalue weighted by atomic mass is 9.97. The predicted molar refractivity (Wildman–Crippen MR) is 117 cm³/mol. The van der Waals surface area contributed by atoms with Crippen molar-refractivity contribution in [2.45, 2.75) is 52.4 Å². The lowest BCUT2D eigenvalue weighted by Crippen LogP contribution is -2.31. The molecule has 0 spiro atoms. The molecule has 0 N–H and O–H groups in total. The van der Waals surface area contributed by atoms with Gasteiger partial charge in [-0.1, -0.05) is 24.5 Å². The van der Waals surface area contributed by atoms with Crippen LogP contribution in [-0.4, -0.2) is 4.98 Å². The van der Waals surface area contributed by atoms with Crippen molar-refractivity contribution >= 4 is 42.3 Å². The summed E-state index contributed by atoms with van der Waals surface area (Å²) in [5, 5.41) is 0. The van der Waals surface area contributed by atoms with Crippen LogP contribution in [0.4, 0.5) is 0 Å². The van der Waals surface area contributed by atoms with Crippen molar-refractivity contribution in [3.63, 3.8) is 0 Å². The van der Waals surface area contributed by atoms with Gasteiger partial charge in [0.1, 0.15) is 4.70 Å². The van der Waals surface area contributed by atoms with Crippen LogP contribution < -0.4 is 4.57 Å². The van der Waals surface area contributed by atoms with Crippen molar-refractivity contribution in [1.82, 2.24) is 4.98 Å². The molecule has 1 aromatic carbocycles. The number of hydrogen-bond acceptors (Lipinski definition) is 3. The second-order valence-corrected chi connectivity index (χ2v) is 10.2. The van der Waals surface area contributed by atoms with Gasteiger partial charge in [0.2, 0.25) is 5.52 Å². The zero-order chi connectivity index (χ0) is 18.7. The number of aryl methyl sites for hydroxylation is 3. The van der Waals surface area contributed by atoms with Gasteiger partial charge in [-0.15, -0.1) is 22.7 Å². The first-order valence-electron chi connectivity index (χ1n) is 9.81. The van der Waals surface area contributed by atoms with Gasteiger partial charge >= 0.3 is 0 Å². The number of thiophene rings is 2. The highest BCUT2D eigenvalue weighted by atomic mass is 32.1. The Morgan fingerprint density at radius 2 is 1.78 bits per heavy atom. The van der Waals surface area contributed by atoms with Crippen LogP contribution in [0, 0.1) is 20.8 Å². The third kappa shape index (κ3) is 2.73. The average molecular weight is 394 g/mol. The van der Waals surface area contributed by atoms with E-state index in [9.17, 15) is 0 Å². The van der Waals surface area contributed by atoms with Crippen molar-refractivity contribution < 1.29 is 4.57 Å². The van der Waals surface area contributed by atoms with Gasteiger partial charge in [0.15, 0.2) is 5.69 Å². The van der Waals surface area contributed by atoms with Gasteiger partial charge in [-0.2, -0.15) is 0 Å². The minimum atomic E-state index is 0.783. The summed E-state index contributed by atoms with van der Waals surface area (Å²) in [4.78, 5) is 6.43. The Labute approximate surface area is 168 Å². The molecule has 2 nitrogen and oxygen atoms in total. The van der Waals surface area contributed by atoms with Gasteiger partial charge in [0.25, 0.3) is 6.33 Å². The van der Waals surface area contributed by atoms with E-state index in [0.717, 1.165) is 5.92 Å². The number of nitrogens with zero attached hydrogens (tertiary/aromatic N) is 2. The van der Waals surface area contributed by atoms with Crippen molar-refractivity contribution in [1.29, 1.82) is 0 Å². The highest BCUT2D eigenvalue weighted by Crippen LogP contribution is 2.46. The monoisotopic (exact) mass is 393 g/mol. The van der Waals surface area contributed by atoms with E-state index in [0.29, 0.717) is 0 Å². The Balaban J connectivity index is 1.76. The summed E-state index contributed by atoms with van der Waals surface area (Å²) in [6.45, 7) is 6.64. The Hall–Kier alpha value is -1.78. The smallest absolute Gasteiger partial charge is 0.231 e. The summed E-state index contributed by atoms with van der Waals surface area (Å²) in [5.41, 5.74) is 7.88. The molecule has 0 saturated heterocycles. The molecule has 1 fully saturated rings. The second kappa shape index (κ2) is 6.39. The molecule has 27 heavy (non-hydrogen) atoms. The summed E-state index contributed by atoms with van der Waals surface area (Å²) in [6, 6.07) is 7.06. The van der Waals surface area contributed by atoms with Crippen LogP contribution in [0.15, 0.2) is 24.5 Å². The molecular weight excluding hydrogens is 368 g/mol. The maximum absolute atomic E-state index is 4.85. The van der Waals surface area contributed by atoms with Crippen LogP contribution in [0.2, 0.25) is 0 Å². The molecule has 138 valence electrons. The fraction of sp³-hybridized carbons (Fsp3) is 0.391. The molecule has 5 rings (SSSR count). The van der Waals surface area contributed by atoms with E-state index in [1.807, 2.05) is 29.0 Å². The molecule has 0 aliphatic heterocycles. The highest BCUT2D eigenvalue weighted by molar-refractivity contribution is 7.32. The summed E-state index contributed by atoms with van der Waals surface area (Å²) in [6.07, 6.45) is 7.50. The standard InChI is InChI=1S/C23H25N2S2/c1-13-9-14(2)15(3)17(10-13)21-23-20(24-12-25(21)4)22-19(27-23)11-18(26-22)16-7-5-6-8-16/h9-12,16H,5-8H2,1-4H3/q+1. The van der Waals surface area contributed by atoms with Gasteiger partial charge in [-0.25, -0.2) is 4.57 Å².